The monoisotopic (exact) mass is 356 g/mol. The lowest BCUT2D eigenvalue weighted by Crippen LogP contribution is -2.42. The van der Waals surface area contributed by atoms with E-state index in [9.17, 15) is 0 Å². The van der Waals surface area contributed by atoms with Crippen LogP contribution in [-0.4, -0.2) is 53.4 Å². The molecule has 2 rings (SSSR count). The van der Waals surface area contributed by atoms with Gasteiger partial charge in [0.1, 0.15) is 0 Å². The molecule has 1 heterocycles. The van der Waals surface area contributed by atoms with Crippen LogP contribution in [0.2, 0.25) is 0 Å². The molecule has 1 aromatic heterocycles. The quantitative estimate of drug-likeness (QED) is 0.535. The predicted molar refractivity (Wildman–Crippen MR) is 108 cm³/mol. The molecule has 2 N–H and O–H groups in total. The third kappa shape index (κ3) is 6.52. The third-order valence-corrected chi connectivity index (χ3v) is 4.40. The molecule has 26 heavy (non-hydrogen) atoms. The zero-order chi connectivity index (χ0) is 18.8. The number of hydrogen-bond donors (Lipinski definition) is 2. The van der Waals surface area contributed by atoms with Crippen LogP contribution < -0.4 is 10.6 Å². The minimum atomic E-state index is 0.547. The highest BCUT2D eigenvalue weighted by Crippen LogP contribution is 2.11. The van der Waals surface area contributed by atoms with E-state index in [-0.39, 0.29) is 0 Å². The van der Waals surface area contributed by atoms with Crippen molar-refractivity contribution in [2.24, 2.45) is 4.99 Å². The molecule has 0 saturated carbocycles. The van der Waals surface area contributed by atoms with Crippen molar-refractivity contribution in [3.63, 3.8) is 0 Å². The fraction of sp³-hybridized carbons (Fsp3) is 0.500. The number of rotatable bonds is 9. The first kappa shape index (κ1) is 20.0. The zero-order valence-corrected chi connectivity index (χ0v) is 16.4. The summed E-state index contributed by atoms with van der Waals surface area (Å²) in [6, 6.07) is 10.9. The van der Waals surface area contributed by atoms with Crippen LogP contribution in [0.3, 0.4) is 0 Å². The van der Waals surface area contributed by atoms with Gasteiger partial charge in [-0.3, -0.25) is 4.68 Å². The van der Waals surface area contributed by atoms with Crippen molar-refractivity contribution in [2.75, 3.05) is 26.7 Å². The summed E-state index contributed by atoms with van der Waals surface area (Å²) >= 11 is 0. The average molecular weight is 357 g/mol. The van der Waals surface area contributed by atoms with E-state index in [4.69, 9.17) is 4.99 Å². The molecule has 0 bridgehead atoms. The molecule has 2 aromatic rings. The molecule has 6 heteroatoms. The van der Waals surface area contributed by atoms with E-state index in [1.165, 1.54) is 11.1 Å². The summed E-state index contributed by atoms with van der Waals surface area (Å²) < 4.78 is 1.94. The molecule has 1 aromatic carbocycles. The van der Waals surface area contributed by atoms with E-state index in [1.807, 2.05) is 23.1 Å². The Balaban J connectivity index is 1.98. The molecular formula is C20H32N6. The van der Waals surface area contributed by atoms with E-state index >= 15 is 0 Å². The van der Waals surface area contributed by atoms with E-state index in [1.54, 1.807) is 0 Å². The molecule has 142 valence electrons. The zero-order valence-electron chi connectivity index (χ0n) is 16.4. The van der Waals surface area contributed by atoms with E-state index < -0.39 is 0 Å². The van der Waals surface area contributed by atoms with Gasteiger partial charge in [0.05, 0.1) is 13.1 Å². The molecule has 0 fully saturated rings. The number of nitrogens with zero attached hydrogens (tertiary/aromatic N) is 4. The number of aromatic nitrogens is 2. The van der Waals surface area contributed by atoms with E-state index in [2.05, 4.69) is 72.7 Å². The Morgan fingerprint density at radius 3 is 2.62 bits per heavy atom. The first-order valence-electron chi connectivity index (χ1n) is 9.36. The topological polar surface area (TPSA) is 57.5 Å². The van der Waals surface area contributed by atoms with Crippen molar-refractivity contribution in [1.29, 1.82) is 0 Å². The second-order valence-electron chi connectivity index (χ2n) is 6.67. The van der Waals surface area contributed by atoms with Crippen LogP contribution in [0, 0.1) is 0 Å². The average Bonchev–Trinajstić information content (AvgIpc) is 3.13. The van der Waals surface area contributed by atoms with Crippen molar-refractivity contribution in [1.82, 2.24) is 25.3 Å². The predicted octanol–water partition coefficient (Wildman–Crippen LogP) is 2.33. The number of benzene rings is 1. The number of guanidine groups is 1. The van der Waals surface area contributed by atoms with Crippen LogP contribution in [-0.2, 0) is 13.1 Å². The largest absolute Gasteiger partial charge is 0.357 e. The molecule has 0 aliphatic rings. The van der Waals surface area contributed by atoms with E-state index in [0.717, 1.165) is 32.1 Å². The van der Waals surface area contributed by atoms with Crippen molar-refractivity contribution in [3.8, 4) is 0 Å². The molecule has 0 spiro atoms. The van der Waals surface area contributed by atoms with Gasteiger partial charge in [-0.1, -0.05) is 24.3 Å². The summed E-state index contributed by atoms with van der Waals surface area (Å²) in [5.74, 6) is 0.860. The Morgan fingerprint density at radius 1 is 1.19 bits per heavy atom. The van der Waals surface area contributed by atoms with Crippen molar-refractivity contribution >= 4 is 5.96 Å². The first-order valence-corrected chi connectivity index (χ1v) is 9.36. The molecule has 6 nitrogen and oxygen atoms in total. The van der Waals surface area contributed by atoms with Gasteiger partial charge in [0.2, 0.25) is 0 Å². The summed E-state index contributed by atoms with van der Waals surface area (Å²) in [6.07, 6.45) is 3.79. The highest BCUT2D eigenvalue weighted by Gasteiger charge is 2.05. The van der Waals surface area contributed by atoms with E-state index in [0.29, 0.717) is 12.6 Å². The Bertz CT molecular complexity index is 663. The molecule has 0 atom stereocenters. The van der Waals surface area contributed by atoms with Crippen LogP contribution in [0.4, 0.5) is 0 Å². The molecule has 0 amide bonds. The summed E-state index contributed by atoms with van der Waals surface area (Å²) in [4.78, 5) is 7.08. The van der Waals surface area contributed by atoms with Gasteiger partial charge >= 0.3 is 0 Å². The number of nitrogens with one attached hydrogen (secondary N) is 2. The van der Waals surface area contributed by atoms with Gasteiger partial charge in [-0.25, -0.2) is 4.99 Å². The Morgan fingerprint density at radius 2 is 1.96 bits per heavy atom. The fourth-order valence-electron chi connectivity index (χ4n) is 2.55. The highest BCUT2D eigenvalue weighted by atomic mass is 15.3. The molecule has 0 aliphatic heterocycles. The highest BCUT2D eigenvalue weighted by molar-refractivity contribution is 5.79. The maximum atomic E-state index is 4.76. The lowest BCUT2D eigenvalue weighted by molar-refractivity contribution is 0.278. The van der Waals surface area contributed by atoms with Gasteiger partial charge in [0.25, 0.3) is 0 Å². The number of hydrogen-bond acceptors (Lipinski definition) is 3. The summed E-state index contributed by atoms with van der Waals surface area (Å²) in [6.45, 7) is 10.6. The number of likely N-dealkylation sites (N-methyl/N-ethyl adjacent to an activating group) is 1. The molecule has 0 aliphatic carbocycles. The Labute approximate surface area is 157 Å². The Kier molecular flexibility index (Phi) is 8.15. The van der Waals surface area contributed by atoms with Crippen molar-refractivity contribution in [2.45, 2.75) is 39.9 Å². The lowest BCUT2D eigenvalue weighted by atomic mass is 10.1. The fourth-order valence-corrected chi connectivity index (χ4v) is 2.55. The van der Waals surface area contributed by atoms with Crippen LogP contribution in [0.15, 0.2) is 47.7 Å². The first-order chi connectivity index (χ1) is 12.6. The smallest absolute Gasteiger partial charge is 0.191 e. The van der Waals surface area contributed by atoms with Gasteiger partial charge in [0, 0.05) is 38.1 Å². The van der Waals surface area contributed by atoms with Crippen molar-refractivity contribution in [3.05, 3.63) is 53.9 Å². The van der Waals surface area contributed by atoms with Gasteiger partial charge < -0.3 is 15.5 Å². The van der Waals surface area contributed by atoms with Crippen LogP contribution >= 0.6 is 0 Å². The molecule has 0 unspecified atom stereocenters. The normalized spacial score (nSPS) is 12.0. The van der Waals surface area contributed by atoms with Crippen LogP contribution in [0.25, 0.3) is 0 Å². The second-order valence-corrected chi connectivity index (χ2v) is 6.67. The van der Waals surface area contributed by atoms with Crippen LogP contribution in [0.1, 0.15) is 31.9 Å². The van der Waals surface area contributed by atoms with Gasteiger partial charge in [-0.05, 0) is 45.0 Å². The summed E-state index contributed by atoms with van der Waals surface area (Å²) in [5, 5.41) is 11.0. The van der Waals surface area contributed by atoms with Gasteiger partial charge in [-0.2, -0.15) is 5.10 Å². The minimum Gasteiger partial charge on any atom is -0.357 e. The van der Waals surface area contributed by atoms with Gasteiger partial charge in [0.15, 0.2) is 5.96 Å². The maximum Gasteiger partial charge on any atom is 0.191 e. The lowest BCUT2D eigenvalue weighted by Gasteiger charge is -2.21. The standard InChI is InChI=1S/C20H32N6/c1-5-21-20(22-12-14-25(4)17(2)3)23-15-18-9-6-7-10-19(18)16-26-13-8-11-24-26/h6-11,13,17H,5,12,14-16H2,1-4H3,(H2,21,22,23). The summed E-state index contributed by atoms with van der Waals surface area (Å²) in [7, 11) is 2.14. The maximum absolute atomic E-state index is 4.76. The van der Waals surface area contributed by atoms with Gasteiger partial charge in [-0.15, -0.1) is 0 Å². The molecule has 0 saturated heterocycles. The minimum absolute atomic E-state index is 0.547. The SMILES string of the molecule is CCNC(=NCc1ccccc1Cn1cccn1)NCCN(C)C(C)C. The molecular weight excluding hydrogens is 324 g/mol. The summed E-state index contributed by atoms with van der Waals surface area (Å²) in [5.41, 5.74) is 2.47. The third-order valence-electron chi connectivity index (χ3n) is 4.40. The van der Waals surface area contributed by atoms with Crippen molar-refractivity contribution < 1.29 is 0 Å². The molecule has 0 radical (unpaired) electrons. The Hall–Kier alpha value is -2.34. The second kappa shape index (κ2) is 10.6. The number of aliphatic imine (C=N–C) groups is 1. The van der Waals surface area contributed by atoms with Crippen LogP contribution in [0.5, 0.6) is 0 Å².